The van der Waals surface area contributed by atoms with Crippen molar-refractivity contribution in [3.8, 4) is 0 Å². The van der Waals surface area contributed by atoms with Gasteiger partial charge in [-0.3, -0.25) is 0 Å². The van der Waals surface area contributed by atoms with E-state index in [4.69, 9.17) is 0 Å². The molecule has 1 aliphatic rings. The van der Waals surface area contributed by atoms with E-state index in [0.29, 0.717) is 5.92 Å². The van der Waals surface area contributed by atoms with Crippen molar-refractivity contribution in [2.75, 3.05) is 0 Å². The SMILES string of the molecule is C=C(C)C1CC(O)C(C)C(O)C1. The molecular formula is C10H18O2. The van der Waals surface area contributed by atoms with E-state index in [0.717, 1.165) is 18.4 Å². The Balaban J connectivity index is 2.59. The third-order valence-electron chi connectivity index (χ3n) is 2.96. The van der Waals surface area contributed by atoms with Gasteiger partial charge in [-0.2, -0.15) is 0 Å². The van der Waals surface area contributed by atoms with Crippen molar-refractivity contribution in [1.29, 1.82) is 0 Å². The van der Waals surface area contributed by atoms with Crippen LogP contribution in [0, 0.1) is 11.8 Å². The number of allylic oxidation sites excluding steroid dienone is 1. The Hall–Kier alpha value is -0.340. The molecule has 0 aromatic heterocycles. The predicted octanol–water partition coefficient (Wildman–Crippen LogP) is 1.33. The molecule has 2 unspecified atom stereocenters. The molecule has 0 aromatic carbocycles. The summed E-state index contributed by atoms with van der Waals surface area (Å²) >= 11 is 0. The van der Waals surface area contributed by atoms with Crippen molar-refractivity contribution < 1.29 is 10.2 Å². The lowest BCUT2D eigenvalue weighted by Crippen LogP contribution is -2.38. The lowest BCUT2D eigenvalue weighted by Gasteiger charge is -2.35. The number of aliphatic hydroxyl groups excluding tert-OH is 2. The minimum Gasteiger partial charge on any atom is -0.393 e. The topological polar surface area (TPSA) is 40.5 Å². The van der Waals surface area contributed by atoms with Gasteiger partial charge in [0.1, 0.15) is 0 Å². The molecular weight excluding hydrogens is 152 g/mol. The summed E-state index contributed by atoms with van der Waals surface area (Å²) in [6.45, 7) is 7.70. The predicted molar refractivity (Wildman–Crippen MR) is 48.7 cm³/mol. The first-order valence-corrected chi connectivity index (χ1v) is 4.54. The van der Waals surface area contributed by atoms with Gasteiger partial charge in [-0.15, -0.1) is 0 Å². The van der Waals surface area contributed by atoms with Crippen LogP contribution < -0.4 is 0 Å². The highest BCUT2D eigenvalue weighted by molar-refractivity contribution is 5.01. The fraction of sp³-hybridized carbons (Fsp3) is 0.800. The molecule has 12 heavy (non-hydrogen) atoms. The Morgan fingerprint density at radius 1 is 1.25 bits per heavy atom. The fourth-order valence-corrected chi connectivity index (χ4v) is 1.77. The van der Waals surface area contributed by atoms with Gasteiger partial charge in [-0.1, -0.05) is 19.1 Å². The summed E-state index contributed by atoms with van der Waals surface area (Å²) in [6.07, 6.45) is 0.784. The van der Waals surface area contributed by atoms with Crippen LogP contribution in [0.5, 0.6) is 0 Å². The smallest absolute Gasteiger partial charge is 0.0596 e. The molecule has 0 radical (unpaired) electrons. The van der Waals surface area contributed by atoms with Crippen LogP contribution in [0.2, 0.25) is 0 Å². The zero-order chi connectivity index (χ0) is 9.30. The summed E-state index contributed by atoms with van der Waals surface area (Å²) in [7, 11) is 0. The number of aliphatic hydroxyl groups is 2. The zero-order valence-corrected chi connectivity index (χ0v) is 7.83. The van der Waals surface area contributed by atoms with E-state index in [1.807, 2.05) is 13.8 Å². The number of hydrogen-bond acceptors (Lipinski definition) is 2. The van der Waals surface area contributed by atoms with Crippen LogP contribution in [0.15, 0.2) is 12.2 Å². The quantitative estimate of drug-likeness (QED) is 0.583. The summed E-state index contributed by atoms with van der Waals surface area (Å²) in [5.41, 5.74) is 1.07. The number of hydrogen-bond donors (Lipinski definition) is 2. The maximum Gasteiger partial charge on any atom is 0.0596 e. The van der Waals surface area contributed by atoms with Gasteiger partial charge in [-0.05, 0) is 25.7 Å². The molecule has 1 fully saturated rings. The molecule has 2 atom stereocenters. The van der Waals surface area contributed by atoms with Gasteiger partial charge in [-0.25, -0.2) is 0 Å². The van der Waals surface area contributed by atoms with Gasteiger partial charge >= 0.3 is 0 Å². The van der Waals surface area contributed by atoms with Crippen molar-refractivity contribution >= 4 is 0 Å². The van der Waals surface area contributed by atoms with E-state index >= 15 is 0 Å². The van der Waals surface area contributed by atoms with Gasteiger partial charge in [0.05, 0.1) is 12.2 Å². The molecule has 70 valence electrons. The minimum absolute atomic E-state index is 0.0144. The molecule has 2 heteroatoms. The molecule has 0 aromatic rings. The van der Waals surface area contributed by atoms with Gasteiger partial charge in [0.15, 0.2) is 0 Å². The monoisotopic (exact) mass is 170 g/mol. The molecule has 2 nitrogen and oxygen atoms in total. The standard InChI is InChI=1S/C10H18O2/c1-6(2)8-4-9(11)7(3)10(12)5-8/h7-12H,1,4-5H2,2-3H3. The second kappa shape index (κ2) is 3.58. The van der Waals surface area contributed by atoms with E-state index < -0.39 is 0 Å². The first kappa shape index (κ1) is 9.75. The minimum atomic E-state index is -0.365. The Bertz CT molecular complexity index is 165. The molecule has 1 saturated carbocycles. The van der Waals surface area contributed by atoms with Crippen molar-refractivity contribution in [3.05, 3.63) is 12.2 Å². The van der Waals surface area contributed by atoms with Crippen LogP contribution in [-0.2, 0) is 0 Å². The maximum atomic E-state index is 9.57. The van der Waals surface area contributed by atoms with Crippen LogP contribution in [-0.4, -0.2) is 22.4 Å². The average molecular weight is 170 g/mol. The van der Waals surface area contributed by atoms with Crippen molar-refractivity contribution in [2.24, 2.45) is 11.8 Å². The lowest BCUT2D eigenvalue weighted by atomic mass is 9.76. The van der Waals surface area contributed by atoms with Crippen molar-refractivity contribution in [3.63, 3.8) is 0 Å². The van der Waals surface area contributed by atoms with E-state index in [1.54, 1.807) is 0 Å². The van der Waals surface area contributed by atoms with Crippen LogP contribution in [0.1, 0.15) is 26.7 Å². The van der Waals surface area contributed by atoms with Gasteiger partial charge in [0, 0.05) is 5.92 Å². The second-order valence-corrected chi connectivity index (χ2v) is 4.01. The van der Waals surface area contributed by atoms with Crippen LogP contribution >= 0.6 is 0 Å². The molecule has 1 aliphatic carbocycles. The third-order valence-corrected chi connectivity index (χ3v) is 2.96. The summed E-state index contributed by atoms with van der Waals surface area (Å²) in [5, 5.41) is 19.1. The van der Waals surface area contributed by atoms with E-state index in [-0.39, 0.29) is 18.1 Å². The summed E-state index contributed by atoms with van der Waals surface area (Å²) in [4.78, 5) is 0. The Kier molecular flexibility index (Phi) is 2.91. The highest BCUT2D eigenvalue weighted by Gasteiger charge is 2.32. The van der Waals surface area contributed by atoms with E-state index in [2.05, 4.69) is 6.58 Å². The van der Waals surface area contributed by atoms with E-state index in [9.17, 15) is 10.2 Å². The molecule has 0 amide bonds. The van der Waals surface area contributed by atoms with Gasteiger partial charge in [0.25, 0.3) is 0 Å². The summed E-state index contributed by atoms with van der Waals surface area (Å²) in [5.74, 6) is 0.312. The first-order valence-electron chi connectivity index (χ1n) is 4.54. The second-order valence-electron chi connectivity index (χ2n) is 4.01. The van der Waals surface area contributed by atoms with Crippen LogP contribution in [0.25, 0.3) is 0 Å². The summed E-state index contributed by atoms with van der Waals surface area (Å²) in [6, 6.07) is 0. The number of rotatable bonds is 1. The van der Waals surface area contributed by atoms with Crippen molar-refractivity contribution in [2.45, 2.75) is 38.9 Å². The molecule has 0 bridgehead atoms. The fourth-order valence-electron chi connectivity index (χ4n) is 1.77. The largest absolute Gasteiger partial charge is 0.393 e. The molecule has 0 aliphatic heterocycles. The Morgan fingerprint density at radius 3 is 2.00 bits per heavy atom. The first-order chi connectivity index (χ1) is 5.52. The highest BCUT2D eigenvalue weighted by atomic mass is 16.3. The highest BCUT2D eigenvalue weighted by Crippen LogP contribution is 2.32. The van der Waals surface area contributed by atoms with Crippen LogP contribution in [0.3, 0.4) is 0 Å². The molecule has 0 heterocycles. The lowest BCUT2D eigenvalue weighted by molar-refractivity contribution is -0.0300. The zero-order valence-electron chi connectivity index (χ0n) is 7.83. The van der Waals surface area contributed by atoms with Gasteiger partial charge < -0.3 is 10.2 Å². The third kappa shape index (κ3) is 1.87. The van der Waals surface area contributed by atoms with Crippen LogP contribution in [0.4, 0.5) is 0 Å². The normalized spacial score (nSPS) is 42.7. The molecule has 1 rings (SSSR count). The van der Waals surface area contributed by atoms with Crippen molar-refractivity contribution in [1.82, 2.24) is 0 Å². The summed E-state index contributed by atoms with van der Waals surface area (Å²) < 4.78 is 0. The molecule has 0 saturated heterocycles. The average Bonchev–Trinajstić information content (AvgIpc) is 1.99. The Labute approximate surface area is 73.9 Å². The maximum absolute atomic E-state index is 9.57. The Morgan fingerprint density at radius 2 is 1.67 bits per heavy atom. The van der Waals surface area contributed by atoms with Gasteiger partial charge in [0.2, 0.25) is 0 Å². The molecule has 2 N–H and O–H groups in total. The van der Waals surface area contributed by atoms with E-state index in [1.165, 1.54) is 0 Å². The molecule has 0 spiro atoms.